The molecule has 1 saturated heterocycles. The summed E-state index contributed by atoms with van der Waals surface area (Å²) >= 11 is 12.5. The van der Waals surface area contributed by atoms with Crippen LogP contribution in [0.25, 0.3) is 11.1 Å². The van der Waals surface area contributed by atoms with Gasteiger partial charge in [0.15, 0.2) is 11.4 Å². The lowest BCUT2D eigenvalue weighted by molar-refractivity contribution is -0.276. The third-order valence-corrected chi connectivity index (χ3v) is 8.19. The number of nitrogens with zero attached hydrogens (tertiary/aromatic N) is 2. The van der Waals surface area contributed by atoms with E-state index in [1.165, 1.54) is 6.08 Å². The molecule has 0 radical (unpaired) electrons. The highest BCUT2D eigenvalue weighted by atomic mass is 35.5. The summed E-state index contributed by atoms with van der Waals surface area (Å²) in [6.45, 7) is 6.53. The molecule has 0 saturated carbocycles. The highest BCUT2D eigenvalue weighted by Crippen LogP contribution is 2.43. The molecule has 0 bridgehead atoms. The number of rotatable bonds is 10. The molecule has 0 aliphatic carbocycles. The summed E-state index contributed by atoms with van der Waals surface area (Å²) in [6, 6.07) is 23.7. The lowest BCUT2D eigenvalue weighted by Crippen LogP contribution is -2.39. The highest BCUT2D eigenvalue weighted by molar-refractivity contribution is 6.40. The van der Waals surface area contributed by atoms with Crippen molar-refractivity contribution in [2.24, 2.45) is 5.92 Å². The molecule has 1 fully saturated rings. The van der Waals surface area contributed by atoms with E-state index in [1.54, 1.807) is 10.9 Å². The van der Waals surface area contributed by atoms with E-state index < -0.39 is 12.4 Å². The molecule has 3 aromatic carbocycles. The lowest BCUT2D eigenvalue weighted by atomic mass is 9.90. The minimum absolute atomic E-state index is 0.0287. The molecular formula is C33H33Cl2N3O5. The minimum atomic E-state index is -0.661. The van der Waals surface area contributed by atoms with Gasteiger partial charge in [-0.1, -0.05) is 103 Å². The van der Waals surface area contributed by atoms with Crippen molar-refractivity contribution in [1.29, 1.82) is 0 Å². The summed E-state index contributed by atoms with van der Waals surface area (Å²) in [6.07, 6.45) is 1.41. The van der Waals surface area contributed by atoms with E-state index >= 15 is 0 Å². The monoisotopic (exact) mass is 621 g/mol. The Kier molecular flexibility index (Phi) is 10.2. The predicted octanol–water partition coefficient (Wildman–Crippen LogP) is 7.25. The number of hydrogen-bond donors (Lipinski definition) is 2. The number of amides is 1. The summed E-state index contributed by atoms with van der Waals surface area (Å²) in [7, 11) is 0. The highest BCUT2D eigenvalue weighted by Gasteiger charge is 2.39. The van der Waals surface area contributed by atoms with Gasteiger partial charge >= 0.3 is 6.09 Å². The van der Waals surface area contributed by atoms with Gasteiger partial charge in [0.1, 0.15) is 11.8 Å². The smallest absolute Gasteiger partial charge is 0.407 e. The average Bonchev–Trinajstić information content (AvgIpc) is 3.36. The van der Waals surface area contributed by atoms with Crippen LogP contribution in [-0.4, -0.2) is 33.5 Å². The van der Waals surface area contributed by atoms with Crippen molar-refractivity contribution in [2.45, 2.75) is 45.1 Å². The largest absolute Gasteiger partial charge is 0.445 e. The number of aromatic nitrogens is 2. The van der Waals surface area contributed by atoms with Gasteiger partial charge < -0.3 is 29.2 Å². The first kappa shape index (κ1) is 30.8. The van der Waals surface area contributed by atoms with Gasteiger partial charge in [-0.25, -0.2) is 9.78 Å². The Labute approximate surface area is 260 Å². The Hall–Kier alpha value is -3.66. The third kappa shape index (κ3) is 7.47. The number of ether oxygens (including phenoxy) is 3. The van der Waals surface area contributed by atoms with Gasteiger partial charge in [0, 0.05) is 18.0 Å². The van der Waals surface area contributed by atoms with E-state index in [-0.39, 0.29) is 36.5 Å². The molecule has 1 aliphatic heterocycles. The number of aliphatic hydroxyl groups excluding tert-OH is 1. The molecule has 4 unspecified atom stereocenters. The van der Waals surface area contributed by atoms with Crippen LogP contribution in [0.4, 0.5) is 4.79 Å². The molecule has 4 atom stereocenters. The van der Waals surface area contributed by atoms with Crippen LogP contribution in [0.1, 0.15) is 41.6 Å². The van der Waals surface area contributed by atoms with Crippen molar-refractivity contribution >= 4 is 29.3 Å². The van der Waals surface area contributed by atoms with E-state index in [1.807, 2.05) is 66.7 Å². The number of hydrogen-bond acceptors (Lipinski definition) is 6. The SMILES string of the molecule is C=CCOC(=O)NCc1cccc(-c2cccc(C3OC(Cn4cnc(Cl)c4Cl)C(C)C(c4ccc(CO)cc4)O3)c2)c1. The van der Waals surface area contributed by atoms with Crippen LogP contribution in [0.5, 0.6) is 0 Å². The molecule has 2 N–H and O–H groups in total. The maximum Gasteiger partial charge on any atom is 0.407 e. The number of halogens is 2. The Morgan fingerprint density at radius 1 is 1.05 bits per heavy atom. The van der Waals surface area contributed by atoms with E-state index in [0.29, 0.717) is 18.2 Å². The normalized spacial score (nSPS) is 20.0. The average molecular weight is 623 g/mol. The first-order valence-corrected chi connectivity index (χ1v) is 14.7. The Morgan fingerprint density at radius 3 is 2.49 bits per heavy atom. The van der Waals surface area contributed by atoms with Gasteiger partial charge in [-0.15, -0.1) is 0 Å². The van der Waals surface area contributed by atoms with Gasteiger partial charge in [-0.05, 0) is 39.9 Å². The maximum absolute atomic E-state index is 11.9. The predicted molar refractivity (Wildman–Crippen MR) is 165 cm³/mol. The van der Waals surface area contributed by atoms with Crippen molar-refractivity contribution in [3.63, 3.8) is 0 Å². The summed E-state index contributed by atoms with van der Waals surface area (Å²) in [5, 5.41) is 12.9. The number of imidazole rings is 1. The molecule has 0 spiro atoms. The van der Waals surface area contributed by atoms with Gasteiger partial charge in [0.05, 0.1) is 31.7 Å². The van der Waals surface area contributed by atoms with Crippen molar-refractivity contribution in [3.05, 3.63) is 124 Å². The van der Waals surface area contributed by atoms with Crippen molar-refractivity contribution in [1.82, 2.24) is 14.9 Å². The van der Waals surface area contributed by atoms with Gasteiger partial charge in [0.2, 0.25) is 0 Å². The third-order valence-electron chi connectivity index (χ3n) is 7.42. The first-order valence-electron chi connectivity index (χ1n) is 13.9. The van der Waals surface area contributed by atoms with Crippen LogP contribution in [0.15, 0.2) is 91.8 Å². The zero-order chi connectivity index (χ0) is 30.3. The van der Waals surface area contributed by atoms with Gasteiger partial charge in [-0.2, -0.15) is 0 Å². The molecule has 1 aliphatic rings. The van der Waals surface area contributed by atoms with E-state index in [4.69, 9.17) is 37.4 Å². The number of alkyl carbamates (subject to hydrolysis) is 1. The molecule has 1 amide bonds. The number of carbonyl (C=O) groups is 1. The molecule has 8 nitrogen and oxygen atoms in total. The van der Waals surface area contributed by atoms with E-state index in [0.717, 1.165) is 33.4 Å². The standard InChI is InChI=1S/C33H33Cl2N3O5/c1-3-14-41-33(40)36-17-23-6-4-7-25(15-23)26-8-5-9-27(16-26)32-42-28(18-38-20-37-30(34)31(38)35)21(2)29(43-32)24-12-10-22(19-39)11-13-24/h3-13,15-16,20-21,28-29,32,39H,1,14,17-19H2,2H3,(H,36,40). The fraction of sp³-hybridized carbons (Fsp3) is 0.273. The lowest BCUT2D eigenvalue weighted by Gasteiger charge is -2.41. The number of carbonyl (C=O) groups excluding carboxylic acids is 1. The van der Waals surface area contributed by atoms with Crippen molar-refractivity contribution in [3.8, 4) is 11.1 Å². The van der Waals surface area contributed by atoms with Crippen LogP contribution in [0.3, 0.4) is 0 Å². The molecule has 224 valence electrons. The molecular weight excluding hydrogens is 589 g/mol. The topological polar surface area (TPSA) is 94.8 Å². The van der Waals surface area contributed by atoms with Crippen molar-refractivity contribution in [2.75, 3.05) is 6.61 Å². The number of benzene rings is 3. The number of nitrogens with one attached hydrogen (secondary N) is 1. The second-order valence-corrected chi connectivity index (χ2v) is 11.1. The Morgan fingerprint density at radius 2 is 1.79 bits per heavy atom. The van der Waals surface area contributed by atoms with Crippen LogP contribution in [0, 0.1) is 5.92 Å². The minimum Gasteiger partial charge on any atom is -0.445 e. The van der Waals surface area contributed by atoms with E-state index in [2.05, 4.69) is 29.9 Å². The Balaban J connectivity index is 1.40. The quantitative estimate of drug-likeness (QED) is 0.181. The molecule has 4 aromatic rings. The molecule has 43 heavy (non-hydrogen) atoms. The molecule has 1 aromatic heterocycles. The Bertz CT molecular complexity index is 1560. The fourth-order valence-corrected chi connectivity index (χ4v) is 5.39. The molecule has 10 heteroatoms. The summed E-state index contributed by atoms with van der Waals surface area (Å²) < 4.78 is 20.0. The van der Waals surface area contributed by atoms with Gasteiger partial charge in [-0.3, -0.25) is 0 Å². The maximum atomic E-state index is 11.9. The summed E-state index contributed by atoms with van der Waals surface area (Å²) in [4.78, 5) is 16.0. The summed E-state index contributed by atoms with van der Waals surface area (Å²) in [5.74, 6) is -0.0426. The second-order valence-electron chi connectivity index (χ2n) is 10.4. The van der Waals surface area contributed by atoms with Crippen molar-refractivity contribution < 1.29 is 24.1 Å². The van der Waals surface area contributed by atoms with Crippen LogP contribution < -0.4 is 5.32 Å². The number of aliphatic hydroxyl groups is 1. The molecule has 5 rings (SSSR count). The summed E-state index contributed by atoms with van der Waals surface area (Å²) in [5.41, 5.74) is 5.56. The molecule has 2 heterocycles. The fourth-order valence-electron chi connectivity index (χ4n) is 5.08. The van der Waals surface area contributed by atoms with E-state index in [9.17, 15) is 9.90 Å². The zero-order valence-corrected chi connectivity index (χ0v) is 25.2. The van der Waals surface area contributed by atoms with Crippen LogP contribution in [0.2, 0.25) is 10.3 Å². The first-order chi connectivity index (χ1) is 20.9. The van der Waals surface area contributed by atoms with Crippen LogP contribution in [-0.2, 0) is 33.9 Å². The zero-order valence-electron chi connectivity index (χ0n) is 23.7. The van der Waals surface area contributed by atoms with Gasteiger partial charge in [0.25, 0.3) is 0 Å². The van der Waals surface area contributed by atoms with Crippen LogP contribution >= 0.6 is 23.2 Å². The second kappa shape index (κ2) is 14.2.